The van der Waals surface area contributed by atoms with Crippen molar-refractivity contribution in [2.24, 2.45) is 17.8 Å². The van der Waals surface area contributed by atoms with Gasteiger partial charge >= 0.3 is 17.9 Å². The summed E-state index contributed by atoms with van der Waals surface area (Å²) in [6.45, 7) is 6.70. The highest BCUT2D eigenvalue weighted by Crippen LogP contribution is 2.55. The van der Waals surface area contributed by atoms with Gasteiger partial charge in [0.1, 0.15) is 24.1 Å². The Hall–Kier alpha value is -2.83. The second-order valence-electron chi connectivity index (χ2n) is 8.04. The van der Waals surface area contributed by atoms with Gasteiger partial charge in [0.25, 0.3) is 0 Å². The van der Waals surface area contributed by atoms with Gasteiger partial charge in [-0.2, -0.15) is 0 Å². The van der Waals surface area contributed by atoms with E-state index in [1.54, 1.807) is 38.1 Å². The second kappa shape index (κ2) is 7.54. The Morgan fingerprint density at radius 3 is 2.66 bits per heavy atom. The maximum atomic E-state index is 12.2. The fraction of sp³-hybridized carbons (Fsp3) is 0.500. The molecule has 0 spiro atoms. The number of fused-ring (bicyclic) bond motifs is 1. The Bertz CT molecular complexity index is 843. The van der Waals surface area contributed by atoms with E-state index in [4.69, 9.17) is 18.9 Å². The predicted molar refractivity (Wildman–Crippen MR) is 101 cm³/mol. The number of ether oxygens (including phenoxy) is 4. The molecular formula is C22H24O7. The molecule has 1 aliphatic heterocycles. The summed E-state index contributed by atoms with van der Waals surface area (Å²) in [6, 6.07) is 6.94. The highest BCUT2D eigenvalue weighted by Gasteiger charge is 2.63. The van der Waals surface area contributed by atoms with E-state index >= 15 is 0 Å². The van der Waals surface area contributed by atoms with Crippen molar-refractivity contribution < 1.29 is 33.3 Å². The summed E-state index contributed by atoms with van der Waals surface area (Å²) in [5, 5.41) is 0. The molecule has 1 heterocycles. The molecule has 154 valence electrons. The number of benzene rings is 1. The summed E-state index contributed by atoms with van der Waals surface area (Å²) < 4.78 is 21.7. The molecule has 2 saturated carbocycles. The van der Waals surface area contributed by atoms with E-state index in [1.165, 1.54) is 0 Å². The number of rotatable bonds is 7. The largest absolute Gasteiger partial charge is 0.482 e. The Morgan fingerprint density at radius 2 is 1.97 bits per heavy atom. The molecule has 2 bridgehead atoms. The van der Waals surface area contributed by atoms with Gasteiger partial charge < -0.3 is 18.9 Å². The van der Waals surface area contributed by atoms with Crippen LogP contribution in [0.2, 0.25) is 0 Å². The van der Waals surface area contributed by atoms with E-state index in [-0.39, 0.29) is 42.5 Å². The standard InChI is InChI=1S/C22H24O7/c1-11(2)21(24)27-12(3)13-4-6-15(7-5-13)26-10-18(23)28-19-14-8-16-17(9-14)22(25)29-20(16)19/h4-7,12,14,16-17,19-20H,1,8-10H2,2-3H3. The quantitative estimate of drug-likeness (QED) is 0.395. The molecule has 3 aliphatic rings. The van der Waals surface area contributed by atoms with Crippen molar-refractivity contribution in [1.29, 1.82) is 0 Å². The minimum Gasteiger partial charge on any atom is -0.482 e. The van der Waals surface area contributed by atoms with Gasteiger partial charge in [0.15, 0.2) is 6.61 Å². The van der Waals surface area contributed by atoms with Crippen molar-refractivity contribution in [1.82, 2.24) is 0 Å². The van der Waals surface area contributed by atoms with Crippen LogP contribution in [0.1, 0.15) is 38.4 Å². The molecule has 6 atom stereocenters. The first-order valence-corrected chi connectivity index (χ1v) is 9.82. The van der Waals surface area contributed by atoms with Gasteiger partial charge in [0, 0.05) is 17.4 Å². The molecule has 7 heteroatoms. The lowest BCUT2D eigenvalue weighted by Gasteiger charge is -2.25. The van der Waals surface area contributed by atoms with Crippen molar-refractivity contribution >= 4 is 17.9 Å². The van der Waals surface area contributed by atoms with Gasteiger partial charge in [0.05, 0.1) is 5.92 Å². The number of hydrogen-bond acceptors (Lipinski definition) is 7. The van der Waals surface area contributed by atoms with Crippen LogP contribution in [-0.2, 0) is 28.6 Å². The zero-order valence-electron chi connectivity index (χ0n) is 16.5. The third-order valence-electron chi connectivity index (χ3n) is 6.02. The summed E-state index contributed by atoms with van der Waals surface area (Å²) in [6.07, 6.45) is 0.556. The van der Waals surface area contributed by atoms with Gasteiger partial charge in [-0.05, 0) is 44.4 Å². The van der Waals surface area contributed by atoms with Crippen LogP contribution in [0.15, 0.2) is 36.4 Å². The molecule has 1 aromatic carbocycles. The monoisotopic (exact) mass is 400 g/mol. The number of hydrogen-bond donors (Lipinski definition) is 0. The van der Waals surface area contributed by atoms with Gasteiger partial charge in [-0.15, -0.1) is 0 Å². The van der Waals surface area contributed by atoms with Crippen molar-refractivity contribution in [2.75, 3.05) is 6.61 Å². The van der Waals surface area contributed by atoms with Crippen molar-refractivity contribution in [3.8, 4) is 5.75 Å². The normalized spacial score (nSPS) is 29.9. The average molecular weight is 400 g/mol. The summed E-state index contributed by atoms with van der Waals surface area (Å²) in [5.41, 5.74) is 1.14. The molecular weight excluding hydrogens is 376 g/mol. The molecule has 0 radical (unpaired) electrons. The fourth-order valence-corrected chi connectivity index (χ4v) is 4.56. The van der Waals surface area contributed by atoms with E-state index in [0.717, 1.165) is 18.4 Å². The molecule has 3 fully saturated rings. The summed E-state index contributed by atoms with van der Waals surface area (Å²) in [7, 11) is 0. The highest BCUT2D eigenvalue weighted by atomic mass is 16.6. The van der Waals surface area contributed by atoms with E-state index in [1.807, 2.05) is 0 Å². The maximum Gasteiger partial charge on any atom is 0.344 e. The van der Waals surface area contributed by atoms with Crippen molar-refractivity contribution in [3.63, 3.8) is 0 Å². The Labute approximate surface area is 169 Å². The summed E-state index contributed by atoms with van der Waals surface area (Å²) in [5.74, 6) is -0.181. The van der Waals surface area contributed by atoms with E-state index in [0.29, 0.717) is 11.3 Å². The predicted octanol–water partition coefficient (Wildman–Crippen LogP) is 2.74. The van der Waals surface area contributed by atoms with E-state index in [9.17, 15) is 14.4 Å². The third kappa shape index (κ3) is 3.73. The van der Waals surface area contributed by atoms with Crippen molar-refractivity contribution in [3.05, 3.63) is 42.0 Å². The average Bonchev–Trinajstić information content (AvgIpc) is 3.32. The van der Waals surface area contributed by atoms with Crippen LogP contribution in [0.5, 0.6) is 5.75 Å². The molecule has 4 rings (SSSR count). The van der Waals surface area contributed by atoms with Crippen LogP contribution in [0, 0.1) is 17.8 Å². The number of esters is 3. The van der Waals surface area contributed by atoms with Crippen molar-refractivity contribution in [2.45, 2.75) is 45.0 Å². The minimum absolute atomic E-state index is 0.00761. The Kier molecular flexibility index (Phi) is 5.06. The smallest absolute Gasteiger partial charge is 0.344 e. The lowest BCUT2D eigenvalue weighted by atomic mass is 9.88. The lowest BCUT2D eigenvalue weighted by molar-refractivity contribution is -0.163. The van der Waals surface area contributed by atoms with Gasteiger partial charge in [-0.1, -0.05) is 18.7 Å². The number of carbonyl (C=O) groups excluding carboxylic acids is 3. The van der Waals surface area contributed by atoms with Crippen LogP contribution < -0.4 is 4.74 Å². The molecule has 1 saturated heterocycles. The molecule has 0 N–H and O–H groups in total. The molecule has 0 aromatic heterocycles. The molecule has 6 unspecified atom stereocenters. The van der Waals surface area contributed by atoms with Crippen LogP contribution in [0.25, 0.3) is 0 Å². The minimum atomic E-state index is -0.477. The highest BCUT2D eigenvalue weighted by molar-refractivity contribution is 5.87. The van der Waals surface area contributed by atoms with Crippen LogP contribution in [-0.4, -0.2) is 36.7 Å². The topological polar surface area (TPSA) is 88.1 Å². The van der Waals surface area contributed by atoms with Crippen LogP contribution >= 0.6 is 0 Å². The summed E-state index contributed by atoms with van der Waals surface area (Å²) in [4.78, 5) is 35.6. The SMILES string of the molecule is C=C(C)C(=O)OC(C)c1ccc(OCC(=O)OC2C3CC4C(=O)OC2C4C3)cc1. The fourth-order valence-electron chi connectivity index (χ4n) is 4.56. The van der Waals surface area contributed by atoms with Crippen LogP contribution in [0.3, 0.4) is 0 Å². The summed E-state index contributed by atoms with van der Waals surface area (Å²) >= 11 is 0. The zero-order chi connectivity index (χ0) is 20.7. The first-order valence-electron chi connectivity index (χ1n) is 9.82. The molecule has 2 aliphatic carbocycles. The maximum absolute atomic E-state index is 12.2. The van der Waals surface area contributed by atoms with Gasteiger partial charge in [0.2, 0.25) is 0 Å². The first-order chi connectivity index (χ1) is 13.8. The van der Waals surface area contributed by atoms with Gasteiger partial charge in [-0.25, -0.2) is 9.59 Å². The van der Waals surface area contributed by atoms with E-state index < -0.39 is 18.0 Å². The molecule has 1 aromatic rings. The molecule has 29 heavy (non-hydrogen) atoms. The lowest BCUT2D eigenvalue weighted by Crippen LogP contribution is -2.37. The molecule has 7 nitrogen and oxygen atoms in total. The van der Waals surface area contributed by atoms with E-state index in [2.05, 4.69) is 6.58 Å². The molecule has 0 amide bonds. The second-order valence-corrected chi connectivity index (χ2v) is 8.04. The Balaban J connectivity index is 1.26. The van der Waals surface area contributed by atoms with Gasteiger partial charge in [-0.3, -0.25) is 4.79 Å². The number of carbonyl (C=O) groups is 3. The first kappa shape index (κ1) is 19.5. The Morgan fingerprint density at radius 1 is 1.24 bits per heavy atom. The zero-order valence-corrected chi connectivity index (χ0v) is 16.5. The third-order valence-corrected chi connectivity index (χ3v) is 6.02. The van der Waals surface area contributed by atoms with Crippen LogP contribution in [0.4, 0.5) is 0 Å².